The number of rotatable bonds is 5. The van der Waals surface area contributed by atoms with Gasteiger partial charge in [0.25, 0.3) is 11.8 Å². The number of benzene rings is 2. The van der Waals surface area contributed by atoms with Crippen molar-refractivity contribution in [2.75, 3.05) is 22.4 Å². The Bertz CT molecular complexity index is 1260. The SMILES string of the molecule is Cc1cccc(-c2nc(C(C)C)no2)c1NC(=O)c1ccc2c(c1)CCN2S(C)(=O)=O. The van der Waals surface area contributed by atoms with Gasteiger partial charge in [0.15, 0.2) is 5.82 Å². The van der Waals surface area contributed by atoms with E-state index in [1.54, 1.807) is 18.2 Å². The van der Waals surface area contributed by atoms with Crippen molar-refractivity contribution in [2.45, 2.75) is 33.1 Å². The maximum absolute atomic E-state index is 13.0. The van der Waals surface area contributed by atoms with Crippen molar-refractivity contribution in [1.29, 1.82) is 0 Å². The number of para-hydroxylation sites is 1. The summed E-state index contributed by atoms with van der Waals surface area (Å²) in [7, 11) is -3.33. The molecule has 0 spiro atoms. The van der Waals surface area contributed by atoms with Crippen LogP contribution >= 0.6 is 0 Å². The molecule has 0 bridgehead atoms. The summed E-state index contributed by atoms with van der Waals surface area (Å²) < 4.78 is 30.7. The molecule has 8 nitrogen and oxygen atoms in total. The number of hydrogen-bond donors (Lipinski definition) is 1. The number of nitrogens with zero attached hydrogens (tertiary/aromatic N) is 3. The Balaban J connectivity index is 1.64. The van der Waals surface area contributed by atoms with Crippen LogP contribution < -0.4 is 9.62 Å². The van der Waals surface area contributed by atoms with E-state index in [2.05, 4.69) is 15.5 Å². The molecule has 31 heavy (non-hydrogen) atoms. The van der Waals surface area contributed by atoms with Gasteiger partial charge in [-0.3, -0.25) is 9.10 Å². The molecule has 9 heteroatoms. The summed E-state index contributed by atoms with van der Waals surface area (Å²) in [6, 6.07) is 10.7. The molecule has 3 aromatic rings. The highest BCUT2D eigenvalue weighted by atomic mass is 32.2. The molecule has 4 rings (SSSR count). The lowest BCUT2D eigenvalue weighted by atomic mass is 10.1. The van der Waals surface area contributed by atoms with E-state index in [1.807, 2.05) is 39.0 Å². The summed E-state index contributed by atoms with van der Waals surface area (Å²) in [4.78, 5) is 17.5. The molecule has 1 amide bonds. The first kappa shape index (κ1) is 21.0. The highest BCUT2D eigenvalue weighted by Crippen LogP contribution is 2.33. The van der Waals surface area contributed by atoms with Crippen molar-refractivity contribution < 1.29 is 17.7 Å². The first-order chi connectivity index (χ1) is 14.6. The lowest BCUT2D eigenvalue weighted by molar-refractivity contribution is 0.102. The molecule has 0 saturated heterocycles. The topological polar surface area (TPSA) is 105 Å². The van der Waals surface area contributed by atoms with Gasteiger partial charge in [0, 0.05) is 18.0 Å². The zero-order valence-corrected chi connectivity index (χ0v) is 18.7. The molecule has 1 N–H and O–H groups in total. The minimum absolute atomic E-state index is 0.123. The highest BCUT2D eigenvalue weighted by Gasteiger charge is 2.27. The Morgan fingerprint density at radius 1 is 1.23 bits per heavy atom. The fourth-order valence-electron chi connectivity index (χ4n) is 3.63. The normalized spacial score (nSPS) is 13.5. The van der Waals surface area contributed by atoms with Gasteiger partial charge in [0.2, 0.25) is 10.0 Å². The van der Waals surface area contributed by atoms with Crippen molar-refractivity contribution in [3.8, 4) is 11.5 Å². The van der Waals surface area contributed by atoms with Crippen LogP contribution in [-0.4, -0.2) is 37.3 Å². The van der Waals surface area contributed by atoms with Crippen LogP contribution in [0.2, 0.25) is 0 Å². The molecule has 0 atom stereocenters. The molecule has 162 valence electrons. The number of carbonyl (C=O) groups is 1. The summed E-state index contributed by atoms with van der Waals surface area (Å²) in [5.41, 5.74) is 4.03. The molecular weight excluding hydrogens is 416 g/mol. The van der Waals surface area contributed by atoms with E-state index in [9.17, 15) is 13.2 Å². The zero-order valence-electron chi connectivity index (χ0n) is 17.8. The molecule has 0 aliphatic carbocycles. The number of amides is 1. The number of fused-ring (bicyclic) bond motifs is 1. The van der Waals surface area contributed by atoms with Crippen LogP contribution in [0.15, 0.2) is 40.9 Å². The number of sulfonamides is 1. The van der Waals surface area contributed by atoms with Gasteiger partial charge in [-0.15, -0.1) is 0 Å². The summed E-state index contributed by atoms with van der Waals surface area (Å²) in [6.45, 7) is 6.24. The number of nitrogens with one attached hydrogen (secondary N) is 1. The summed E-state index contributed by atoms with van der Waals surface area (Å²) in [5.74, 6) is 0.779. The van der Waals surface area contributed by atoms with Crippen LogP contribution in [0.3, 0.4) is 0 Å². The van der Waals surface area contributed by atoms with Gasteiger partial charge in [0.1, 0.15) is 0 Å². The second-order valence-electron chi connectivity index (χ2n) is 7.99. The molecule has 0 fully saturated rings. The molecule has 1 aliphatic rings. The second-order valence-corrected chi connectivity index (χ2v) is 9.90. The Labute approximate surface area is 181 Å². The summed E-state index contributed by atoms with van der Waals surface area (Å²) in [5, 5.41) is 6.98. The molecule has 0 saturated carbocycles. The Hall–Kier alpha value is -3.20. The minimum Gasteiger partial charge on any atom is -0.334 e. The smallest absolute Gasteiger partial charge is 0.260 e. The van der Waals surface area contributed by atoms with Crippen LogP contribution in [0.5, 0.6) is 0 Å². The van der Waals surface area contributed by atoms with Gasteiger partial charge < -0.3 is 9.84 Å². The van der Waals surface area contributed by atoms with Crippen molar-refractivity contribution in [1.82, 2.24) is 10.1 Å². The van der Waals surface area contributed by atoms with E-state index in [0.29, 0.717) is 47.2 Å². The maximum Gasteiger partial charge on any atom is 0.260 e. The predicted molar refractivity (Wildman–Crippen MR) is 119 cm³/mol. The van der Waals surface area contributed by atoms with Crippen LogP contribution in [0.4, 0.5) is 11.4 Å². The van der Waals surface area contributed by atoms with Crippen LogP contribution in [0.1, 0.15) is 47.1 Å². The molecule has 1 aromatic heterocycles. The van der Waals surface area contributed by atoms with Crippen molar-refractivity contribution in [2.24, 2.45) is 0 Å². The Morgan fingerprint density at radius 3 is 2.68 bits per heavy atom. The van der Waals surface area contributed by atoms with E-state index >= 15 is 0 Å². The van der Waals surface area contributed by atoms with Crippen LogP contribution in [0, 0.1) is 6.92 Å². The number of aryl methyl sites for hydroxylation is 1. The van der Waals surface area contributed by atoms with Crippen LogP contribution in [0.25, 0.3) is 11.5 Å². The van der Waals surface area contributed by atoms with Gasteiger partial charge in [-0.2, -0.15) is 4.98 Å². The van der Waals surface area contributed by atoms with Gasteiger partial charge in [-0.1, -0.05) is 31.1 Å². The fourth-order valence-corrected chi connectivity index (χ4v) is 4.59. The largest absolute Gasteiger partial charge is 0.334 e. The average Bonchev–Trinajstić information content (AvgIpc) is 3.36. The molecule has 0 radical (unpaired) electrons. The lowest BCUT2D eigenvalue weighted by Crippen LogP contribution is -2.27. The summed E-state index contributed by atoms with van der Waals surface area (Å²) >= 11 is 0. The third-order valence-corrected chi connectivity index (χ3v) is 6.47. The number of anilines is 2. The number of aromatic nitrogens is 2. The van der Waals surface area contributed by atoms with E-state index in [-0.39, 0.29) is 11.8 Å². The monoisotopic (exact) mass is 440 g/mol. The van der Waals surface area contributed by atoms with Gasteiger partial charge in [-0.25, -0.2) is 8.42 Å². The number of carbonyl (C=O) groups excluding carboxylic acids is 1. The minimum atomic E-state index is -3.33. The van der Waals surface area contributed by atoms with Crippen molar-refractivity contribution in [3.63, 3.8) is 0 Å². The first-order valence-electron chi connectivity index (χ1n) is 10.0. The van der Waals surface area contributed by atoms with E-state index in [0.717, 1.165) is 11.1 Å². The number of hydrogen-bond acceptors (Lipinski definition) is 6. The summed E-state index contributed by atoms with van der Waals surface area (Å²) in [6.07, 6.45) is 1.75. The van der Waals surface area contributed by atoms with E-state index < -0.39 is 10.0 Å². The molecule has 1 aliphatic heterocycles. The molecule has 0 unspecified atom stereocenters. The van der Waals surface area contributed by atoms with E-state index in [1.165, 1.54) is 10.6 Å². The van der Waals surface area contributed by atoms with Gasteiger partial charge in [-0.05, 0) is 48.7 Å². The highest BCUT2D eigenvalue weighted by molar-refractivity contribution is 7.92. The standard InChI is InChI=1S/C22H24N4O4S/c1-13(2)20-24-22(30-25-20)17-7-5-6-14(3)19(17)23-21(27)16-8-9-18-15(12-16)10-11-26(18)31(4,28)29/h5-9,12-13H,10-11H2,1-4H3,(H,23,27). The van der Waals surface area contributed by atoms with Gasteiger partial charge >= 0.3 is 0 Å². The van der Waals surface area contributed by atoms with Crippen molar-refractivity contribution in [3.05, 3.63) is 58.9 Å². The third-order valence-electron chi connectivity index (χ3n) is 5.29. The third kappa shape index (κ3) is 4.05. The fraction of sp³-hybridized carbons (Fsp3) is 0.318. The quantitative estimate of drug-likeness (QED) is 0.648. The average molecular weight is 441 g/mol. The lowest BCUT2D eigenvalue weighted by Gasteiger charge is -2.16. The molecule has 2 heterocycles. The Kier molecular flexibility index (Phi) is 5.30. The van der Waals surface area contributed by atoms with Gasteiger partial charge in [0.05, 0.1) is 23.2 Å². The molecular formula is C22H24N4O4S. The molecule has 2 aromatic carbocycles. The first-order valence-corrected chi connectivity index (χ1v) is 11.9. The zero-order chi connectivity index (χ0) is 22.3. The second kappa shape index (κ2) is 7.81. The maximum atomic E-state index is 13.0. The van der Waals surface area contributed by atoms with E-state index in [4.69, 9.17) is 4.52 Å². The van der Waals surface area contributed by atoms with Crippen molar-refractivity contribution >= 4 is 27.3 Å². The van der Waals surface area contributed by atoms with Crippen LogP contribution in [-0.2, 0) is 16.4 Å². The Morgan fingerprint density at radius 2 is 2.00 bits per heavy atom. The predicted octanol–water partition coefficient (Wildman–Crippen LogP) is 3.74.